The van der Waals surface area contributed by atoms with Crippen LogP contribution in [-0.4, -0.2) is 66.6 Å². The zero-order chi connectivity index (χ0) is 28.6. The molecule has 0 aliphatic carbocycles. The lowest BCUT2D eigenvalue weighted by molar-refractivity contribution is 0.0891. The predicted molar refractivity (Wildman–Crippen MR) is 151 cm³/mol. The van der Waals surface area contributed by atoms with Gasteiger partial charge in [0.1, 0.15) is 0 Å². The van der Waals surface area contributed by atoms with Gasteiger partial charge in [0.05, 0.1) is 30.2 Å². The van der Waals surface area contributed by atoms with Crippen molar-refractivity contribution >= 4 is 17.5 Å². The Kier molecular flexibility index (Phi) is 7.26. The van der Waals surface area contributed by atoms with Gasteiger partial charge < -0.3 is 19.8 Å². The highest BCUT2D eigenvalue weighted by Crippen LogP contribution is 2.33. The molecule has 4 aromatic rings. The zero-order valence-electron chi connectivity index (χ0n) is 23.8. The quantitative estimate of drug-likeness (QED) is 0.361. The van der Waals surface area contributed by atoms with Gasteiger partial charge in [-0.1, -0.05) is 32.9 Å². The van der Waals surface area contributed by atoms with E-state index in [4.69, 9.17) is 14.1 Å². The van der Waals surface area contributed by atoms with Gasteiger partial charge in [0.25, 0.3) is 0 Å². The maximum absolute atomic E-state index is 13.2. The molecule has 2 N–H and O–H groups in total. The largest absolute Gasteiger partial charge is 0.416 e. The van der Waals surface area contributed by atoms with E-state index in [2.05, 4.69) is 47.9 Å². The van der Waals surface area contributed by atoms with Crippen LogP contribution in [0.1, 0.15) is 67.4 Å². The molecule has 2 aliphatic rings. The first-order valence-electron chi connectivity index (χ1n) is 13.9. The molecule has 6 rings (SSSR count). The number of rotatable bonds is 6. The van der Waals surface area contributed by atoms with E-state index in [0.29, 0.717) is 17.9 Å². The fraction of sp³-hybridized carbons (Fsp3) is 0.448. The standard InChI is InChI=1S/C29H35N9O3/c1-29(2,3)27-36-35-26(41-27)25(39)33-24-8-11-38(21-9-12-40-17-21)15-19-13-18(5-6-22(19)24)23-7-10-30-28(34-23)32-20-14-31-37(4)16-20/h5-7,10,13-14,16,21,24H,8-9,11-12,15,17H2,1-4H3,(H,33,39)(H,30,32,34)/t21-,24-/m0/s1. The second-order valence-electron chi connectivity index (χ2n) is 11.7. The van der Waals surface area contributed by atoms with E-state index in [1.54, 1.807) is 17.1 Å². The molecule has 1 saturated heterocycles. The molecule has 12 heteroatoms. The average molecular weight is 558 g/mol. The van der Waals surface area contributed by atoms with Crippen molar-refractivity contribution in [1.82, 2.24) is 40.2 Å². The third kappa shape index (κ3) is 5.98. The summed E-state index contributed by atoms with van der Waals surface area (Å²) in [4.78, 5) is 24.8. The number of aryl methyl sites for hydroxylation is 1. The first-order valence-corrected chi connectivity index (χ1v) is 13.9. The molecule has 0 bridgehead atoms. The van der Waals surface area contributed by atoms with Crippen LogP contribution in [0.4, 0.5) is 11.6 Å². The highest BCUT2D eigenvalue weighted by atomic mass is 16.5. The van der Waals surface area contributed by atoms with Crippen molar-refractivity contribution in [2.24, 2.45) is 7.05 Å². The number of ether oxygens (including phenoxy) is 1. The topological polar surface area (TPSA) is 136 Å². The Bertz CT molecular complexity index is 1530. The Hall–Kier alpha value is -4.16. The second kappa shape index (κ2) is 11.0. The number of anilines is 2. The van der Waals surface area contributed by atoms with Crippen molar-refractivity contribution in [2.75, 3.05) is 25.1 Å². The molecule has 0 spiro atoms. The van der Waals surface area contributed by atoms with E-state index in [1.165, 1.54) is 0 Å². The van der Waals surface area contributed by atoms with Crippen molar-refractivity contribution in [3.05, 3.63) is 65.8 Å². The Labute approximate surface area is 238 Å². The number of amides is 1. The maximum Gasteiger partial charge on any atom is 0.309 e. The minimum Gasteiger partial charge on any atom is -0.416 e. The summed E-state index contributed by atoms with van der Waals surface area (Å²) in [6, 6.07) is 8.35. The summed E-state index contributed by atoms with van der Waals surface area (Å²) in [6.45, 7) is 8.99. The third-order valence-corrected chi connectivity index (χ3v) is 7.50. The molecule has 0 saturated carbocycles. The van der Waals surface area contributed by atoms with Crippen LogP contribution < -0.4 is 10.6 Å². The van der Waals surface area contributed by atoms with Crippen LogP contribution in [-0.2, 0) is 23.7 Å². The first kappa shape index (κ1) is 27.0. The summed E-state index contributed by atoms with van der Waals surface area (Å²) in [5, 5.41) is 18.7. The van der Waals surface area contributed by atoms with Crippen LogP contribution in [0.3, 0.4) is 0 Å². The smallest absolute Gasteiger partial charge is 0.309 e. The summed E-state index contributed by atoms with van der Waals surface area (Å²) in [6.07, 6.45) is 7.09. The average Bonchev–Trinajstić information content (AvgIpc) is 3.71. The van der Waals surface area contributed by atoms with E-state index < -0.39 is 0 Å². The van der Waals surface area contributed by atoms with Crippen molar-refractivity contribution < 1.29 is 13.9 Å². The molecule has 1 amide bonds. The van der Waals surface area contributed by atoms with Gasteiger partial charge in [0.15, 0.2) is 0 Å². The number of aromatic nitrogens is 6. The summed E-state index contributed by atoms with van der Waals surface area (Å²) >= 11 is 0. The van der Waals surface area contributed by atoms with Crippen LogP contribution in [0.25, 0.3) is 11.3 Å². The monoisotopic (exact) mass is 557 g/mol. The summed E-state index contributed by atoms with van der Waals surface area (Å²) in [5.74, 6) is 0.540. The molecule has 12 nitrogen and oxygen atoms in total. The number of carbonyl (C=O) groups is 1. The van der Waals surface area contributed by atoms with E-state index in [-0.39, 0.29) is 23.3 Å². The van der Waals surface area contributed by atoms with Gasteiger partial charge in [-0.05, 0) is 36.1 Å². The maximum atomic E-state index is 13.2. The number of carbonyl (C=O) groups excluding carboxylic acids is 1. The van der Waals surface area contributed by atoms with Gasteiger partial charge in [-0.15, -0.1) is 10.2 Å². The van der Waals surface area contributed by atoms with E-state index in [9.17, 15) is 4.79 Å². The number of hydrogen-bond donors (Lipinski definition) is 2. The molecule has 2 aliphatic heterocycles. The van der Waals surface area contributed by atoms with Crippen molar-refractivity contribution in [2.45, 2.75) is 57.7 Å². The highest BCUT2D eigenvalue weighted by molar-refractivity contribution is 5.89. The first-order chi connectivity index (χ1) is 19.7. The Morgan fingerprint density at radius 2 is 2.02 bits per heavy atom. The van der Waals surface area contributed by atoms with Crippen molar-refractivity contribution in [3.63, 3.8) is 0 Å². The molecule has 3 aromatic heterocycles. The molecule has 41 heavy (non-hydrogen) atoms. The van der Waals surface area contributed by atoms with Gasteiger partial charge in [-0.25, -0.2) is 9.97 Å². The van der Waals surface area contributed by atoms with Gasteiger partial charge in [0, 0.05) is 56.2 Å². The number of fused-ring (bicyclic) bond motifs is 1. The number of benzene rings is 1. The zero-order valence-corrected chi connectivity index (χ0v) is 23.8. The lowest BCUT2D eigenvalue weighted by Crippen LogP contribution is -2.36. The molecule has 5 heterocycles. The van der Waals surface area contributed by atoms with Gasteiger partial charge in [-0.3, -0.25) is 14.4 Å². The number of nitrogens with one attached hydrogen (secondary N) is 2. The van der Waals surface area contributed by atoms with Crippen LogP contribution >= 0.6 is 0 Å². The third-order valence-electron chi connectivity index (χ3n) is 7.50. The van der Waals surface area contributed by atoms with Gasteiger partial charge in [0.2, 0.25) is 11.8 Å². The van der Waals surface area contributed by atoms with Crippen LogP contribution in [0, 0.1) is 0 Å². The minimum absolute atomic E-state index is 0.0203. The molecule has 2 atom stereocenters. The van der Waals surface area contributed by atoms with Crippen molar-refractivity contribution in [1.29, 1.82) is 0 Å². The van der Waals surface area contributed by atoms with Crippen LogP contribution in [0.2, 0.25) is 0 Å². The normalized spacial score (nSPS) is 19.5. The molecule has 0 radical (unpaired) electrons. The fourth-order valence-electron chi connectivity index (χ4n) is 5.29. The predicted octanol–water partition coefficient (Wildman–Crippen LogP) is 3.77. The Balaban J connectivity index is 1.28. The van der Waals surface area contributed by atoms with Gasteiger partial charge >= 0.3 is 11.8 Å². The Morgan fingerprint density at radius 1 is 1.15 bits per heavy atom. The lowest BCUT2D eigenvalue weighted by atomic mass is 9.96. The fourth-order valence-corrected chi connectivity index (χ4v) is 5.29. The van der Waals surface area contributed by atoms with Gasteiger partial charge in [-0.2, -0.15) is 5.10 Å². The van der Waals surface area contributed by atoms with E-state index >= 15 is 0 Å². The second-order valence-corrected chi connectivity index (χ2v) is 11.7. The molecule has 1 fully saturated rings. The summed E-state index contributed by atoms with van der Waals surface area (Å²) in [5.41, 5.74) is 4.46. The lowest BCUT2D eigenvalue weighted by Gasteiger charge is -2.26. The highest BCUT2D eigenvalue weighted by Gasteiger charge is 2.31. The summed E-state index contributed by atoms with van der Waals surface area (Å²) in [7, 11) is 1.86. The molecular formula is C29H35N9O3. The van der Waals surface area contributed by atoms with E-state index in [1.807, 2.05) is 46.1 Å². The molecular weight excluding hydrogens is 522 g/mol. The molecule has 0 unspecified atom stereocenters. The van der Waals surface area contributed by atoms with Crippen LogP contribution in [0.15, 0.2) is 47.3 Å². The number of nitrogens with zero attached hydrogens (tertiary/aromatic N) is 7. The molecule has 1 aromatic carbocycles. The number of hydrogen-bond acceptors (Lipinski definition) is 10. The van der Waals surface area contributed by atoms with Crippen molar-refractivity contribution in [3.8, 4) is 11.3 Å². The van der Waals surface area contributed by atoms with E-state index in [0.717, 1.165) is 67.2 Å². The SMILES string of the molecule is Cn1cc(Nc2nccc(-c3ccc4c(c3)CN([C@H]3CCOC3)CC[C@@H]4NC(=O)c3nnc(C(C)(C)C)o3)n2)cn1. The Morgan fingerprint density at radius 3 is 2.76 bits per heavy atom. The summed E-state index contributed by atoms with van der Waals surface area (Å²) < 4.78 is 13.1. The van der Waals surface area contributed by atoms with Crippen LogP contribution in [0.5, 0.6) is 0 Å². The minimum atomic E-state index is -0.368. The molecule has 214 valence electrons.